The van der Waals surface area contributed by atoms with Crippen molar-refractivity contribution < 1.29 is 4.79 Å². The van der Waals surface area contributed by atoms with Gasteiger partial charge in [0, 0.05) is 30.7 Å². The first-order chi connectivity index (χ1) is 9.16. The van der Waals surface area contributed by atoms with E-state index in [0.29, 0.717) is 29.2 Å². The number of likely N-dealkylation sites (tertiary alicyclic amines) is 1. The molecule has 0 unspecified atom stereocenters. The third-order valence-corrected chi connectivity index (χ3v) is 3.79. The lowest BCUT2D eigenvalue weighted by Crippen LogP contribution is -2.32. The summed E-state index contributed by atoms with van der Waals surface area (Å²) in [5, 5.41) is 1.41. The first-order valence-electron chi connectivity index (χ1n) is 6.25. The van der Waals surface area contributed by atoms with E-state index in [9.17, 15) is 4.79 Å². The minimum Gasteiger partial charge on any atom is -0.337 e. The highest BCUT2D eigenvalue weighted by Crippen LogP contribution is 2.26. The quantitative estimate of drug-likeness (QED) is 0.867. The van der Waals surface area contributed by atoms with E-state index in [1.54, 1.807) is 23.2 Å². The fraction of sp³-hybridized carbons (Fsp3) is 0.286. The van der Waals surface area contributed by atoms with Gasteiger partial charge in [0.15, 0.2) is 0 Å². The molecule has 2 N–H and O–H groups in total. The van der Waals surface area contributed by atoms with E-state index in [2.05, 4.69) is 4.98 Å². The number of amides is 1. The van der Waals surface area contributed by atoms with Gasteiger partial charge in [0.05, 0.1) is 16.1 Å². The summed E-state index contributed by atoms with van der Waals surface area (Å²) in [7, 11) is 0. The predicted octanol–water partition coefficient (Wildman–Crippen LogP) is 2.06. The number of nitrogens with zero attached hydrogens (tertiary/aromatic N) is 2. The third kappa shape index (κ3) is 2.17. The van der Waals surface area contributed by atoms with Crippen LogP contribution in [0.1, 0.15) is 16.8 Å². The number of pyridine rings is 1. The van der Waals surface area contributed by atoms with Crippen LogP contribution in [0.3, 0.4) is 0 Å². The number of carbonyl (C=O) groups is 1. The molecule has 0 radical (unpaired) electrons. The van der Waals surface area contributed by atoms with Crippen LogP contribution in [0.15, 0.2) is 30.5 Å². The summed E-state index contributed by atoms with van der Waals surface area (Å²) < 4.78 is 0. The highest BCUT2D eigenvalue weighted by atomic mass is 35.5. The second-order valence-corrected chi connectivity index (χ2v) is 5.20. The van der Waals surface area contributed by atoms with Crippen molar-refractivity contribution in [2.75, 3.05) is 13.1 Å². The lowest BCUT2D eigenvalue weighted by molar-refractivity contribution is 0.0792. The van der Waals surface area contributed by atoms with Crippen molar-refractivity contribution >= 4 is 28.4 Å². The molecule has 2 heterocycles. The summed E-state index contributed by atoms with van der Waals surface area (Å²) >= 11 is 6.13. The molecule has 98 valence electrons. The molecule has 1 atom stereocenters. The maximum atomic E-state index is 12.5. The van der Waals surface area contributed by atoms with E-state index in [4.69, 9.17) is 17.3 Å². The van der Waals surface area contributed by atoms with Crippen molar-refractivity contribution in [3.63, 3.8) is 0 Å². The van der Waals surface area contributed by atoms with Gasteiger partial charge >= 0.3 is 0 Å². The maximum Gasteiger partial charge on any atom is 0.256 e. The molecule has 1 amide bonds. The highest BCUT2D eigenvalue weighted by Gasteiger charge is 2.26. The second-order valence-electron chi connectivity index (χ2n) is 4.79. The number of carbonyl (C=O) groups excluding carboxylic acids is 1. The fourth-order valence-electron chi connectivity index (χ4n) is 2.45. The van der Waals surface area contributed by atoms with E-state index in [-0.39, 0.29) is 11.9 Å². The number of aromatic nitrogens is 1. The Kier molecular flexibility index (Phi) is 3.12. The van der Waals surface area contributed by atoms with Crippen LogP contribution in [0, 0.1) is 0 Å². The summed E-state index contributed by atoms with van der Waals surface area (Å²) in [5.74, 6) is -0.0201. The largest absolute Gasteiger partial charge is 0.337 e. The van der Waals surface area contributed by atoms with E-state index < -0.39 is 0 Å². The van der Waals surface area contributed by atoms with Gasteiger partial charge < -0.3 is 10.6 Å². The molecule has 1 saturated heterocycles. The topological polar surface area (TPSA) is 59.2 Å². The Labute approximate surface area is 116 Å². The van der Waals surface area contributed by atoms with Crippen LogP contribution in [0.5, 0.6) is 0 Å². The molecule has 0 bridgehead atoms. The molecule has 0 aliphatic carbocycles. The summed E-state index contributed by atoms with van der Waals surface area (Å²) in [6, 6.07) is 7.25. The summed E-state index contributed by atoms with van der Waals surface area (Å²) in [5.41, 5.74) is 7.09. The molecule has 1 aromatic heterocycles. The second kappa shape index (κ2) is 4.79. The van der Waals surface area contributed by atoms with Gasteiger partial charge in [0.25, 0.3) is 5.91 Å². The number of hydrogen-bond donors (Lipinski definition) is 1. The van der Waals surface area contributed by atoms with Gasteiger partial charge in [-0.3, -0.25) is 9.78 Å². The van der Waals surface area contributed by atoms with Gasteiger partial charge in [-0.1, -0.05) is 11.6 Å². The van der Waals surface area contributed by atoms with Crippen molar-refractivity contribution in [1.82, 2.24) is 9.88 Å². The molecule has 1 aliphatic heterocycles. The van der Waals surface area contributed by atoms with Gasteiger partial charge in [-0.2, -0.15) is 0 Å². The molecule has 0 saturated carbocycles. The highest BCUT2D eigenvalue weighted by molar-refractivity contribution is 6.36. The smallest absolute Gasteiger partial charge is 0.256 e. The Bertz CT molecular complexity index is 644. The molecule has 3 rings (SSSR count). The van der Waals surface area contributed by atoms with Crippen LogP contribution in [-0.4, -0.2) is 34.9 Å². The molecule has 0 spiro atoms. The first-order valence-corrected chi connectivity index (χ1v) is 6.62. The maximum absolute atomic E-state index is 12.5. The monoisotopic (exact) mass is 275 g/mol. The van der Waals surface area contributed by atoms with Crippen LogP contribution in [0.2, 0.25) is 5.02 Å². The van der Waals surface area contributed by atoms with Gasteiger partial charge in [0.2, 0.25) is 0 Å². The van der Waals surface area contributed by atoms with E-state index >= 15 is 0 Å². The number of fused-ring (bicyclic) bond motifs is 1. The zero-order valence-electron chi connectivity index (χ0n) is 10.3. The van der Waals surface area contributed by atoms with Crippen LogP contribution in [-0.2, 0) is 0 Å². The lowest BCUT2D eigenvalue weighted by Gasteiger charge is -2.16. The molecule has 4 nitrogen and oxygen atoms in total. The van der Waals surface area contributed by atoms with Crippen molar-refractivity contribution in [1.29, 1.82) is 0 Å². The first kappa shape index (κ1) is 12.4. The van der Waals surface area contributed by atoms with Crippen molar-refractivity contribution in [3.05, 3.63) is 41.0 Å². The number of rotatable bonds is 1. The third-order valence-electron chi connectivity index (χ3n) is 3.46. The van der Waals surface area contributed by atoms with E-state index in [0.717, 1.165) is 11.8 Å². The van der Waals surface area contributed by atoms with Crippen molar-refractivity contribution in [3.8, 4) is 0 Å². The van der Waals surface area contributed by atoms with Crippen LogP contribution >= 0.6 is 11.6 Å². The SMILES string of the molecule is N[C@@H]1CCN(C(=O)c2ccc(Cl)c3cccnc23)C1. The standard InChI is InChI=1S/C14H14ClN3O/c15-12-4-3-11(13-10(12)2-1-6-17-13)14(19)18-7-5-9(16)8-18/h1-4,6,9H,5,7-8,16H2/t9-/m1/s1. The Hall–Kier alpha value is -1.65. The van der Waals surface area contributed by atoms with Crippen LogP contribution in [0.4, 0.5) is 0 Å². The lowest BCUT2D eigenvalue weighted by atomic mass is 10.1. The van der Waals surface area contributed by atoms with Crippen LogP contribution in [0.25, 0.3) is 10.9 Å². The number of nitrogens with two attached hydrogens (primary N) is 1. The van der Waals surface area contributed by atoms with E-state index in [1.165, 1.54) is 0 Å². The molecule has 1 aromatic carbocycles. The van der Waals surface area contributed by atoms with Crippen molar-refractivity contribution in [2.24, 2.45) is 5.73 Å². The molecular formula is C14H14ClN3O. The Morgan fingerprint density at radius 3 is 3.00 bits per heavy atom. The number of benzene rings is 1. The normalized spacial score (nSPS) is 19.1. The van der Waals surface area contributed by atoms with Gasteiger partial charge in [-0.25, -0.2) is 0 Å². The van der Waals surface area contributed by atoms with Crippen molar-refractivity contribution in [2.45, 2.75) is 12.5 Å². The summed E-state index contributed by atoms with van der Waals surface area (Å²) in [6.07, 6.45) is 2.52. The van der Waals surface area contributed by atoms with Gasteiger partial charge in [-0.05, 0) is 30.7 Å². The molecule has 5 heteroatoms. The molecule has 19 heavy (non-hydrogen) atoms. The average Bonchev–Trinajstić information content (AvgIpc) is 2.86. The minimum absolute atomic E-state index is 0.0201. The fourth-order valence-corrected chi connectivity index (χ4v) is 2.67. The molecule has 1 aliphatic rings. The Morgan fingerprint density at radius 1 is 1.42 bits per heavy atom. The van der Waals surface area contributed by atoms with Gasteiger partial charge in [-0.15, -0.1) is 0 Å². The zero-order chi connectivity index (χ0) is 13.4. The van der Waals surface area contributed by atoms with Gasteiger partial charge in [0.1, 0.15) is 0 Å². The molecule has 1 fully saturated rings. The number of halogens is 1. The predicted molar refractivity (Wildman–Crippen MR) is 75.2 cm³/mol. The Morgan fingerprint density at radius 2 is 2.26 bits per heavy atom. The Balaban J connectivity index is 2.06. The van der Waals surface area contributed by atoms with Crippen LogP contribution < -0.4 is 5.73 Å². The van der Waals surface area contributed by atoms with E-state index in [1.807, 2.05) is 12.1 Å². The average molecular weight is 276 g/mol. The number of hydrogen-bond acceptors (Lipinski definition) is 3. The summed E-state index contributed by atoms with van der Waals surface area (Å²) in [6.45, 7) is 1.31. The zero-order valence-corrected chi connectivity index (χ0v) is 11.1. The summed E-state index contributed by atoms with van der Waals surface area (Å²) in [4.78, 5) is 18.6. The molecular weight excluding hydrogens is 262 g/mol. The molecule has 2 aromatic rings. The minimum atomic E-state index is -0.0201.